The molecular formula is C43H54O11. The van der Waals surface area contributed by atoms with Crippen molar-refractivity contribution in [3.8, 4) is 0 Å². The maximum absolute atomic E-state index is 7.11. The van der Waals surface area contributed by atoms with Crippen LogP contribution in [0.15, 0.2) is 104 Å². The van der Waals surface area contributed by atoms with Crippen LogP contribution in [0.3, 0.4) is 0 Å². The highest BCUT2D eigenvalue weighted by Gasteiger charge is 2.60. The van der Waals surface area contributed by atoms with Gasteiger partial charge in [0.05, 0.1) is 33.0 Å². The fourth-order valence-electron chi connectivity index (χ4n) is 7.78. The van der Waals surface area contributed by atoms with Crippen LogP contribution in [0.1, 0.15) is 42.4 Å². The standard InChI is InChI=1S/C43H54O11/c1-4-43-23-25-48-39(37(44-2)40(43)52-34-22-14-15-24-47-34)42(54-43)53-35-33(29-46-26-30-16-8-5-9-17-30)51-41(45-3)38(50-28-32-20-12-7-13-21-32)36(35)49-27-31-18-10-6-11-19-31/h4-13,16-21,33-42H,1,14-15,22-29H2,2-3H3/t33-,34+,35-,36+,37-,38-,39+,40+,41+,42-,43-/m1/s1. The van der Waals surface area contributed by atoms with Gasteiger partial charge in [0.15, 0.2) is 18.9 Å². The Balaban J connectivity index is 1.20. The number of rotatable bonds is 17. The summed E-state index contributed by atoms with van der Waals surface area (Å²) in [6.07, 6.45) is -1.47. The Morgan fingerprint density at radius 3 is 1.93 bits per heavy atom. The zero-order valence-corrected chi connectivity index (χ0v) is 31.3. The summed E-state index contributed by atoms with van der Waals surface area (Å²) in [5.74, 6) is 0. The quantitative estimate of drug-likeness (QED) is 0.149. The molecule has 11 atom stereocenters. The molecule has 0 spiro atoms. The summed E-state index contributed by atoms with van der Waals surface area (Å²) in [7, 11) is 3.27. The van der Waals surface area contributed by atoms with Crippen LogP contribution in [0.2, 0.25) is 0 Å². The van der Waals surface area contributed by atoms with E-state index in [1.807, 2.05) is 91.0 Å². The van der Waals surface area contributed by atoms with Gasteiger partial charge in [-0.3, -0.25) is 0 Å². The summed E-state index contributed by atoms with van der Waals surface area (Å²) < 4.78 is 71.8. The highest BCUT2D eigenvalue weighted by molar-refractivity contribution is 5.16. The first-order chi connectivity index (χ1) is 26.6. The Hall–Kier alpha value is -3.04. The molecule has 3 aromatic rings. The van der Waals surface area contributed by atoms with Gasteiger partial charge in [0, 0.05) is 27.2 Å². The molecule has 292 valence electrons. The second-order valence-electron chi connectivity index (χ2n) is 14.2. The second kappa shape index (κ2) is 19.2. The molecule has 0 aromatic heterocycles. The summed E-state index contributed by atoms with van der Waals surface area (Å²) in [6.45, 7) is 6.43. The van der Waals surface area contributed by atoms with Crippen LogP contribution in [-0.4, -0.2) is 101 Å². The first-order valence-electron chi connectivity index (χ1n) is 19.1. The summed E-state index contributed by atoms with van der Waals surface area (Å²) in [4.78, 5) is 0. The lowest BCUT2D eigenvalue weighted by Crippen LogP contribution is -2.67. The highest BCUT2D eigenvalue weighted by Crippen LogP contribution is 2.44. The zero-order valence-electron chi connectivity index (χ0n) is 31.3. The molecule has 5 aliphatic rings. The van der Waals surface area contributed by atoms with E-state index in [2.05, 4.69) is 6.58 Å². The second-order valence-corrected chi connectivity index (χ2v) is 14.2. The van der Waals surface area contributed by atoms with Crippen molar-refractivity contribution in [2.45, 2.75) is 113 Å². The summed E-state index contributed by atoms with van der Waals surface area (Å²) in [5, 5.41) is 0. The smallest absolute Gasteiger partial charge is 0.188 e. The minimum Gasteiger partial charge on any atom is -0.376 e. The van der Waals surface area contributed by atoms with Crippen molar-refractivity contribution >= 4 is 0 Å². The maximum Gasteiger partial charge on any atom is 0.188 e. The van der Waals surface area contributed by atoms with Crippen LogP contribution in [0.5, 0.6) is 0 Å². The predicted molar refractivity (Wildman–Crippen MR) is 198 cm³/mol. The van der Waals surface area contributed by atoms with E-state index in [9.17, 15) is 0 Å². The molecule has 0 amide bonds. The molecule has 0 unspecified atom stereocenters. The first-order valence-corrected chi connectivity index (χ1v) is 19.1. The molecule has 5 fully saturated rings. The van der Waals surface area contributed by atoms with Gasteiger partial charge in [-0.25, -0.2) is 0 Å². The van der Waals surface area contributed by atoms with Crippen LogP contribution in [-0.2, 0) is 71.9 Å². The van der Waals surface area contributed by atoms with Crippen LogP contribution < -0.4 is 0 Å². The van der Waals surface area contributed by atoms with Gasteiger partial charge >= 0.3 is 0 Å². The Morgan fingerprint density at radius 2 is 1.33 bits per heavy atom. The van der Waals surface area contributed by atoms with Crippen molar-refractivity contribution < 1.29 is 52.1 Å². The third kappa shape index (κ3) is 9.31. The van der Waals surface area contributed by atoms with Gasteiger partial charge < -0.3 is 52.1 Å². The van der Waals surface area contributed by atoms with Gasteiger partial charge in [0.25, 0.3) is 0 Å². The molecule has 11 heteroatoms. The molecular weight excluding hydrogens is 692 g/mol. The fraction of sp³-hybridized carbons (Fsp3) is 0.535. The third-order valence-electron chi connectivity index (χ3n) is 10.6. The number of fused-ring (bicyclic) bond motifs is 4. The lowest BCUT2D eigenvalue weighted by Gasteiger charge is -2.51. The molecule has 5 aliphatic heterocycles. The van der Waals surface area contributed by atoms with E-state index < -0.39 is 60.9 Å². The van der Waals surface area contributed by atoms with Crippen molar-refractivity contribution in [1.29, 1.82) is 0 Å². The van der Waals surface area contributed by atoms with Crippen molar-refractivity contribution in [3.05, 3.63) is 120 Å². The van der Waals surface area contributed by atoms with Gasteiger partial charge in [-0.2, -0.15) is 0 Å². The topological polar surface area (TPSA) is 102 Å². The normalized spacial score (nSPS) is 34.0. The van der Waals surface area contributed by atoms with Crippen molar-refractivity contribution in [2.24, 2.45) is 0 Å². The van der Waals surface area contributed by atoms with E-state index in [1.54, 1.807) is 20.3 Å². The lowest BCUT2D eigenvalue weighted by atomic mass is 9.85. The van der Waals surface area contributed by atoms with Gasteiger partial charge in [-0.05, 0) is 36.0 Å². The largest absolute Gasteiger partial charge is 0.376 e. The van der Waals surface area contributed by atoms with E-state index in [1.165, 1.54) is 0 Å². The van der Waals surface area contributed by atoms with Gasteiger partial charge in [0.2, 0.25) is 0 Å². The molecule has 0 saturated carbocycles. The third-order valence-corrected chi connectivity index (χ3v) is 10.6. The van der Waals surface area contributed by atoms with Crippen LogP contribution in [0, 0.1) is 0 Å². The molecule has 5 heterocycles. The number of benzene rings is 3. The van der Waals surface area contributed by atoms with E-state index in [-0.39, 0.29) is 12.9 Å². The average Bonchev–Trinajstić information content (AvgIpc) is 3.50. The highest BCUT2D eigenvalue weighted by atomic mass is 16.8. The molecule has 0 aliphatic carbocycles. The molecule has 3 aromatic carbocycles. The molecule has 11 nitrogen and oxygen atoms in total. The SMILES string of the molecule is C=C[C@]12CCO[C@H]([C@H](O[C@H]3[C@H](OCc4ccccc4)[C@@H](OCc4ccccc4)[C@@H](OC)O[C@@H]3COCc3ccccc3)O1)[C@@H](OC)[C@@H]2O[C@H]1CCCCO1. The Morgan fingerprint density at radius 1 is 0.685 bits per heavy atom. The maximum atomic E-state index is 7.11. The van der Waals surface area contributed by atoms with Gasteiger partial charge in [-0.1, -0.05) is 97.1 Å². The van der Waals surface area contributed by atoms with Gasteiger partial charge in [-0.15, -0.1) is 6.58 Å². The molecule has 5 saturated heterocycles. The molecule has 0 N–H and O–H groups in total. The van der Waals surface area contributed by atoms with Crippen LogP contribution >= 0.6 is 0 Å². The van der Waals surface area contributed by atoms with Gasteiger partial charge in [0.1, 0.15) is 48.3 Å². The summed E-state index contributed by atoms with van der Waals surface area (Å²) in [6, 6.07) is 30.0. The number of hydrogen-bond acceptors (Lipinski definition) is 11. The van der Waals surface area contributed by atoms with Crippen LogP contribution in [0.4, 0.5) is 0 Å². The van der Waals surface area contributed by atoms with E-state index in [0.29, 0.717) is 39.5 Å². The van der Waals surface area contributed by atoms with Crippen LogP contribution in [0.25, 0.3) is 0 Å². The first kappa shape index (κ1) is 39.2. The Labute approximate surface area is 318 Å². The summed E-state index contributed by atoms with van der Waals surface area (Å²) in [5.41, 5.74) is 2.06. The van der Waals surface area contributed by atoms with E-state index in [4.69, 9.17) is 52.1 Å². The van der Waals surface area contributed by atoms with E-state index in [0.717, 1.165) is 36.0 Å². The zero-order chi connectivity index (χ0) is 37.2. The van der Waals surface area contributed by atoms with E-state index >= 15 is 0 Å². The number of hydrogen-bond donors (Lipinski definition) is 0. The molecule has 2 bridgehead atoms. The summed E-state index contributed by atoms with van der Waals surface area (Å²) >= 11 is 0. The monoisotopic (exact) mass is 746 g/mol. The van der Waals surface area contributed by atoms with Crippen molar-refractivity contribution in [3.63, 3.8) is 0 Å². The van der Waals surface area contributed by atoms with Crippen molar-refractivity contribution in [1.82, 2.24) is 0 Å². The molecule has 0 radical (unpaired) electrons. The average molecular weight is 747 g/mol. The minimum absolute atomic E-state index is 0.180. The lowest BCUT2D eigenvalue weighted by molar-refractivity contribution is -0.378. The number of methoxy groups -OCH3 is 2. The Kier molecular flexibility index (Phi) is 13.9. The van der Waals surface area contributed by atoms with Crippen molar-refractivity contribution in [2.75, 3.05) is 34.0 Å². The number of ether oxygens (including phenoxy) is 11. The predicted octanol–water partition coefficient (Wildman–Crippen LogP) is 6.13. The minimum atomic E-state index is -0.980. The molecule has 54 heavy (non-hydrogen) atoms. The fourth-order valence-corrected chi connectivity index (χ4v) is 7.78. The Bertz CT molecular complexity index is 1540. The molecule has 8 rings (SSSR count).